The maximum Gasteiger partial charge on any atom is 0.238 e. The summed E-state index contributed by atoms with van der Waals surface area (Å²) >= 11 is 0. The lowest BCUT2D eigenvalue weighted by Gasteiger charge is -2.07. The van der Waals surface area contributed by atoms with Crippen molar-refractivity contribution in [3.05, 3.63) is 54.5 Å². The molecule has 2 heterocycles. The molecule has 0 bridgehead atoms. The number of hydrogen-bond acceptors (Lipinski definition) is 5. The van der Waals surface area contributed by atoms with Gasteiger partial charge in [0.1, 0.15) is 5.52 Å². The highest BCUT2D eigenvalue weighted by molar-refractivity contribution is 7.89. The van der Waals surface area contributed by atoms with Gasteiger partial charge in [0.25, 0.3) is 0 Å². The van der Waals surface area contributed by atoms with E-state index in [0.717, 1.165) is 11.1 Å². The molecule has 1 aromatic carbocycles. The van der Waals surface area contributed by atoms with Crippen LogP contribution in [-0.2, 0) is 16.6 Å². The Morgan fingerprint density at radius 2 is 1.90 bits per heavy atom. The van der Waals surface area contributed by atoms with Crippen LogP contribution in [0.3, 0.4) is 0 Å². The zero-order valence-electron chi connectivity index (χ0n) is 11.0. The third kappa shape index (κ3) is 2.86. The molecule has 0 radical (unpaired) electrons. The third-order valence-corrected chi connectivity index (χ3v) is 3.97. The quantitative estimate of drug-likeness (QED) is 0.748. The molecule has 0 saturated heterocycles. The van der Waals surface area contributed by atoms with Crippen molar-refractivity contribution in [1.29, 1.82) is 0 Å². The maximum atomic E-state index is 11.2. The van der Waals surface area contributed by atoms with Crippen LogP contribution in [0.15, 0.2) is 53.8 Å². The molecule has 3 aromatic rings. The Morgan fingerprint density at radius 3 is 2.62 bits per heavy atom. The molecule has 3 rings (SSSR count). The van der Waals surface area contributed by atoms with Crippen LogP contribution in [-0.4, -0.2) is 23.0 Å². The Bertz CT molecular complexity index is 871. The Kier molecular flexibility index (Phi) is 3.32. The van der Waals surface area contributed by atoms with Gasteiger partial charge in [0, 0.05) is 18.9 Å². The molecule has 0 unspecified atom stereocenters. The van der Waals surface area contributed by atoms with E-state index >= 15 is 0 Å². The van der Waals surface area contributed by atoms with Crippen molar-refractivity contribution in [3.8, 4) is 0 Å². The van der Waals surface area contributed by atoms with Crippen molar-refractivity contribution in [2.24, 2.45) is 5.14 Å². The first-order valence-corrected chi connectivity index (χ1v) is 7.73. The summed E-state index contributed by atoms with van der Waals surface area (Å²) in [6.07, 6.45) is 5.12. The predicted molar refractivity (Wildman–Crippen MR) is 78.1 cm³/mol. The van der Waals surface area contributed by atoms with Gasteiger partial charge in [-0.05, 0) is 23.8 Å². The van der Waals surface area contributed by atoms with Crippen LogP contribution in [0.2, 0.25) is 0 Å². The Labute approximate surface area is 121 Å². The largest absolute Gasteiger partial charge is 0.364 e. The van der Waals surface area contributed by atoms with Gasteiger partial charge in [0.2, 0.25) is 10.0 Å². The fourth-order valence-corrected chi connectivity index (χ4v) is 2.49. The molecule has 0 atom stereocenters. The number of primary sulfonamides is 1. The number of nitrogens with zero attached hydrogens (tertiary/aromatic N) is 3. The first-order chi connectivity index (χ1) is 10.0. The van der Waals surface area contributed by atoms with Crippen molar-refractivity contribution in [3.63, 3.8) is 0 Å². The number of anilines is 1. The topological polar surface area (TPSA) is 102 Å². The van der Waals surface area contributed by atoms with Gasteiger partial charge in [-0.1, -0.05) is 12.1 Å². The van der Waals surface area contributed by atoms with Gasteiger partial charge in [0.15, 0.2) is 5.82 Å². The summed E-state index contributed by atoms with van der Waals surface area (Å²) in [5.41, 5.74) is 1.80. The van der Waals surface area contributed by atoms with Crippen molar-refractivity contribution < 1.29 is 8.42 Å². The van der Waals surface area contributed by atoms with E-state index in [1.165, 1.54) is 12.1 Å². The standard InChI is InChI=1S/C13H13N5O2S/c14-21(19,20)11-3-1-10(2-4-11)9-16-13-12-5-6-17-18(12)8-7-15-13/h1-8H,9H2,(H,15,16)(H2,14,19,20). The first kappa shape index (κ1) is 13.5. The van der Waals surface area contributed by atoms with Crippen LogP contribution in [0.25, 0.3) is 5.52 Å². The predicted octanol–water partition coefficient (Wildman–Crippen LogP) is 0.989. The maximum absolute atomic E-state index is 11.2. The van der Waals surface area contributed by atoms with Gasteiger partial charge < -0.3 is 5.32 Å². The van der Waals surface area contributed by atoms with Crippen LogP contribution in [0, 0.1) is 0 Å². The van der Waals surface area contributed by atoms with Gasteiger partial charge >= 0.3 is 0 Å². The van der Waals surface area contributed by atoms with E-state index < -0.39 is 10.0 Å². The van der Waals surface area contributed by atoms with Gasteiger partial charge in [-0.2, -0.15) is 5.10 Å². The number of hydrogen-bond donors (Lipinski definition) is 2. The molecule has 0 aliphatic rings. The molecular weight excluding hydrogens is 290 g/mol. The zero-order chi connectivity index (χ0) is 14.9. The normalized spacial score (nSPS) is 11.7. The summed E-state index contributed by atoms with van der Waals surface area (Å²) in [6.45, 7) is 0.517. The van der Waals surface area contributed by atoms with Crippen molar-refractivity contribution in [2.45, 2.75) is 11.4 Å². The molecule has 21 heavy (non-hydrogen) atoms. The SMILES string of the molecule is NS(=O)(=O)c1ccc(CNc2nccn3nccc23)cc1. The monoisotopic (exact) mass is 303 g/mol. The second-order valence-corrected chi connectivity index (χ2v) is 6.04. The van der Waals surface area contributed by atoms with E-state index in [0.29, 0.717) is 12.4 Å². The molecule has 0 aliphatic carbocycles. The van der Waals surface area contributed by atoms with E-state index in [2.05, 4.69) is 15.4 Å². The average molecular weight is 303 g/mol. The number of nitrogens with one attached hydrogen (secondary N) is 1. The fourth-order valence-electron chi connectivity index (χ4n) is 1.98. The van der Waals surface area contributed by atoms with Gasteiger partial charge in [-0.3, -0.25) is 0 Å². The van der Waals surface area contributed by atoms with Crippen molar-refractivity contribution in [2.75, 3.05) is 5.32 Å². The molecule has 7 nitrogen and oxygen atoms in total. The van der Waals surface area contributed by atoms with Gasteiger partial charge in [-0.15, -0.1) is 0 Å². The van der Waals surface area contributed by atoms with Crippen LogP contribution in [0.5, 0.6) is 0 Å². The molecule has 0 amide bonds. The molecule has 0 fully saturated rings. The second-order valence-electron chi connectivity index (χ2n) is 4.48. The lowest BCUT2D eigenvalue weighted by Crippen LogP contribution is -2.12. The molecule has 108 valence electrons. The minimum Gasteiger partial charge on any atom is -0.364 e. The molecule has 0 saturated carbocycles. The summed E-state index contributed by atoms with van der Waals surface area (Å²) in [5, 5.41) is 12.4. The highest BCUT2D eigenvalue weighted by Crippen LogP contribution is 2.14. The number of sulfonamides is 1. The van der Waals surface area contributed by atoms with E-state index in [1.807, 2.05) is 6.07 Å². The number of fused-ring (bicyclic) bond motifs is 1. The fraction of sp³-hybridized carbons (Fsp3) is 0.0769. The van der Waals surface area contributed by atoms with Crippen molar-refractivity contribution >= 4 is 21.4 Å². The molecule has 0 aliphatic heterocycles. The Morgan fingerprint density at radius 1 is 1.14 bits per heavy atom. The number of aromatic nitrogens is 3. The highest BCUT2D eigenvalue weighted by atomic mass is 32.2. The first-order valence-electron chi connectivity index (χ1n) is 6.18. The van der Waals surface area contributed by atoms with E-state index in [9.17, 15) is 8.42 Å². The molecule has 3 N–H and O–H groups in total. The summed E-state index contributed by atoms with van der Waals surface area (Å²) in [7, 11) is -3.65. The summed E-state index contributed by atoms with van der Waals surface area (Å²) in [4.78, 5) is 4.36. The number of nitrogens with two attached hydrogens (primary N) is 1. The molecule has 8 heteroatoms. The Balaban J connectivity index is 1.77. The molecule has 2 aromatic heterocycles. The second kappa shape index (κ2) is 5.15. The summed E-state index contributed by atoms with van der Waals surface area (Å²) in [6, 6.07) is 8.25. The van der Waals surface area contributed by atoms with E-state index in [4.69, 9.17) is 5.14 Å². The molecule has 0 spiro atoms. The smallest absolute Gasteiger partial charge is 0.238 e. The van der Waals surface area contributed by atoms with Gasteiger partial charge in [-0.25, -0.2) is 23.1 Å². The highest BCUT2D eigenvalue weighted by Gasteiger charge is 2.07. The van der Waals surface area contributed by atoms with Crippen LogP contribution >= 0.6 is 0 Å². The lowest BCUT2D eigenvalue weighted by atomic mass is 10.2. The lowest BCUT2D eigenvalue weighted by molar-refractivity contribution is 0.598. The summed E-state index contributed by atoms with van der Waals surface area (Å²) in [5.74, 6) is 0.713. The van der Waals surface area contributed by atoms with E-state index in [1.54, 1.807) is 35.2 Å². The van der Waals surface area contributed by atoms with Gasteiger partial charge in [0.05, 0.1) is 11.1 Å². The minimum atomic E-state index is -3.65. The van der Waals surface area contributed by atoms with Crippen LogP contribution in [0.1, 0.15) is 5.56 Å². The molecular formula is C13H13N5O2S. The average Bonchev–Trinajstić information content (AvgIpc) is 2.93. The summed E-state index contributed by atoms with van der Waals surface area (Å²) < 4.78 is 24.1. The van der Waals surface area contributed by atoms with E-state index in [-0.39, 0.29) is 4.90 Å². The Hall–Kier alpha value is -2.45. The third-order valence-electron chi connectivity index (χ3n) is 3.04. The van der Waals surface area contributed by atoms with Crippen molar-refractivity contribution in [1.82, 2.24) is 14.6 Å². The zero-order valence-corrected chi connectivity index (χ0v) is 11.8. The number of benzene rings is 1. The van der Waals surface area contributed by atoms with Crippen LogP contribution in [0.4, 0.5) is 5.82 Å². The minimum absolute atomic E-state index is 0.0993. The van der Waals surface area contributed by atoms with Crippen LogP contribution < -0.4 is 10.5 Å². The number of rotatable bonds is 4.